The Morgan fingerprint density at radius 2 is 2.12 bits per heavy atom. The fourth-order valence-electron chi connectivity index (χ4n) is 2.40. The first-order valence-electron chi connectivity index (χ1n) is 7.64. The molecule has 1 fully saturated rings. The Labute approximate surface area is 152 Å². The van der Waals surface area contributed by atoms with Crippen LogP contribution in [0.15, 0.2) is 29.2 Å². The monoisotopic (exact) mass is 390 g/mol. The van der Waals surface area contributed by atoms with Crippen molar-refractivity contribution in [1.82, 2.24) is 5.32 Å². The second-order valence-corrected chi connectivity index (χ2v) is 6.49. The molecule has 1 saturated heterocycles. The van der Waals surface area contributed by atoms with E-state index < -0.39 is 37.1 Å². The lowest BCUT2D eigenvalue weighted by atomic mass is 10.1. The van der Waals surface area contributed by atoms with E-state index in [0.29, 0.717) is 5.69 Å². The van der Waals surface area contributed by atoms with E-state index in [4.69, 9.17) is 4.74 Å². The highest BCUT2D eigenvalue weighted by molar-refractivity contribution is 7.98. The third-order valence-electron chi connectivity index (χ3n) is 3.65. The van der Waals surface area contributed by atoms with E-state index in [9.17, 15) is 27.6 Å². The summed E-state index contributed by atoms with van der Waals surface area (Å²) >= 11 is 1.51. The lowest BCUT2D eigenvalue weighted by Crippen LogP contribution is -2.37. The van der Waals surface area contributed by atoms with E-state index in [1.807, 2.05) is 18.4 Å². The van der Waals surface area contributed by atoms with Gasteiger partial charge in [-0.15, -0.1) is 11.8 Å². The molecule has 0 aromatic heterocycles. The maximum Gasteiger partial charge on any atom is 0.405 e. The summed E-state index contributed by atoms with van der Waals surface area (Å²) in [4.78, 5) is 37.8. The normalized spacial score (nSPS) is 17.3. The summed E-state index contributed by atoms with van der Waals surface area (Å²) < 4.78 is 40.7. The lowest BCUT2D eigenvalue weighted by molar-refractivity contribution is -0.154. The number of halogens is 3. The van der Waals surface area contributed by atoms with Crippen molar-refractivity contribution in [2.45, 2.75) is 17.5 Å². The van der Waals surface area contributed by atoms with Crippen LogP contribution in [0.4, 0.5) is 18.9 Å². The van der Waals surface area contributed by atoms with Crippen LogP contribution in [0.1, 0.15) is 6.42 Å². The first kappa shape index (κ1) is 20.1. The molecule has 1 N–H and O–H groups in total. The summed E-state index contributed by atoms with van der Waals surface area (Å²) in [5.74, 6) is -2.86. The van der Waals surface area contributed by atoms with Gasteiger partial charge in [-0.25, -0.2) is 0 Å². The van der Waals surface area contributed by atoms with Gasteiger partial charge in [0.2, 0.25) is 5.91 Å². The Bertz CT molecular complexity index is 696. The maximum absolute atomic E-state index is 12.1. The zero-order valence-electron chi connectivity index (χ0n) is 13.8. The van der Waals surface area contributed by atoms with E-state index in [2.05, 4.69) is 0 Å². The molecule has 2 rings (SSSR count). The van der Waals surface area contributed by atoms with Gasteiger partial charge in [0, 0.05) is 23.5 Å². The van der Waals surface area contributed by atoms with Crippen LogP contribution in [0.3, 0.4) is 0 Å². The van der Waals surface area contributed by atoms with Crippen LogP contribution >= 0.6 is 11.8 Å². The average molecular weight is 390 g/mol. The molecule has 26 heavy (non-hydrogen) atoms. The molecular weight excluding hydrogens is 373 g/mol. The molecule has 6 nitrogen and oxygen atoms in total. The maximum atomic E-state index is 12.1. The van der Waals surface area contributed by atoms with Crippen molar-refractivity contribution in [1.29, 1.82) is 0 Å². The number of nitrogens with zero attached hydrogens (tertiary/aromatic N) is 1. The number of rotatable bonds is 6. The molecule has 0 radical (unpaired) electrons. The molecule has 0 saturated carbocycles. The van der Waals surface area contributed by atoms with E-state index in [1.165, 1.54) is 16.7 Å². The van der Waals surface area contributed by atoms with Crippen molar-refractivity contribution in [3.63, 3.8) is 0 Å². The van der Waals surface area contributed by atoms with Crippen molar-refractivity contribution >= 4 is 35.2 Å². The smallest absolute Gasteiger partial charge is 0.405 e. The standard InChI is InChI=1S/C16H17F3N2O4S/c1-26-12-4-2-3-11(6-12)21-7-10(5-14(21)23)15(24)25-8-13(22)20-9-16(17,18)19/h2-4,6,10H,5,7-9H2,1H3,(H,20,22)/t10-/m1/s1. The number of carbonyl (C=O) groups is 3. The topological polar surface area (TPSA) is 75.7 Å². The Morgan fingerprint density at radius 1 is 1.38 bits per heavy atom. The summed E-state index contributed by atoms with van der Waals surface area (Å²) in [6.45, 7) is -2.22. The number of alkyl halides is 3. The molecule has 10 heteroatoms. The predicted octanol–water partition coefficient (Wildman–Crippen LogP) is 1.98. The van der Waals surface area contributed by atoms with Crippen molar-refractivity contribution in [3.05, 3.63) is 24.3 Å². The van der Waals surface area contributed by atoms with Gasteiger partial charge in [0.25, 0.3) is 5.91 Å². The molecule has 142 valence electrons. The van der Waals surface area contributed by atoms with Gasteiger partial charge in [0.15, 0.2) is 6.61 Å². The number of esters is 1. The van der Waals surface area contributed by atoms with E-state index in [1.54, 1.807) is 17.4 Å². The molecule has 2 amide bonds. The first-order chi connectivity index (χ1) is 12.2. The fraction of sp³-hybridized carbons (Fsp3) is 0.438. The van der Waals surface area contributed by atoms with Gasteiger partial charge in [-0.1, -0.05) is 6.07 Å². The minimum Gasteiger partial charge on any atom is -0.455 e. The molecule has 0 bridgehead atoms. The highest BCUT2D eigenvalue weighted by atomic mass is 32.2. The van der Waals surface area contributed by atoms with E-state index in [0.717, 1.165) is 4.90 Å². The zero-order chi connectivity index (χ0) is 19.3. The van der Waals surface area contributed by atoms with Gasteiger partial charge in [0.05, 0.1) is 5.92 Å². The Morgan fingerprint density at radius 3 is 2.77 bits per heavy atom. The highest BCUT2D eigenvalue weighted by Gasteiger charge is 2.36. The number of benzene rings is 1. The van der Waals surface area contributed by atoms with Gasteiger partial charge in [0.1, 0.15) is 6.54 Å². The number of hydrogen-bond donors (Lipinski definition) is 1. The number of thioether (sulfide) groups is 1. The van der Waals surface area contributed by atoms with Gasteiger partial charge in [-0.3, -0.25) is 14.4 Å². The molecule has 0 aliphatic carbocycles. The van der Waals surface area contributed by atoms with Crippen molar-refractivity contribution in [2.24, 2.45) is 5.92 Å². The number of ether oxygens (including phenoxy) is 1. The van der Waals surface area contributed by atoms with Gasteiger partial charge in [-0.2, -0.15) is 13.2 Å². The molecule has 0 spiro atoms. The predicted molar refractivity (Wildman–Crippen MR) is 88.7 cm³/mol. The second kappa shape index (κ2) is 8.43. The SMILES string of the molecule is CSc1cccc(N2C[C@H](C(=O)OCC(=O)NCC(F)(F)F)CC2=O)c1. The number of anilines is 1. The van der Waals surface area contributed by atoms with Gasteiger partial charge in [-0.05, 0) is 24.5 Å². The minimum atomic E-state index is -4.54. The number of hydrogen-bond acceptors (Lipinski definition) is 5. The largest absolute Gasteiger partial charge is 0.455 e. The number of amides is 2. The summed E-state index contributed by atoms with van der Waals surface area (Å²) in [5.41, 5.74) is 0.653. The van der Waals surface area contributed by atoms with E-state index >= 15 is 0 Å². The van der Waals surface area contributed by atoms with E-state index in [-0.39, 0.29) is 18.9 Å². The molecular formula is C16H17F3N2O4S. The van der Waals surface area contributed by atoms with Crippen molar-refractivity contribution in [2.75, 3.05) is 30.9 Å². The van der Waals surface area contributed by atoms with Crippen LogP contribution in [0.25, 0.3) is 0 Å². The third kappa shape index (κ3) is 5.65. The summed E-state index contributed by atoms with van der Waals surface area (Å²) in [5, 5.41) is 1.60. The zero-order valence-corrected chi connectivity index (χ0v) is 14.7. The van der Waals surface area contributed by atoms with Crippen LogP contribution in [0.2, 0.25) is 0 Å². The quantitative estimate of drug-likeness (QED) is 0.594. The average Bonchev–Trinajstić information content (AvgIpc) is 2.99. The number of carbonyl (C=O) groups excluding carboxylic acids is 3. The summed E-state index contributed by atoms with van der Waals surface area (Å²) in [7, 11) is 0. The summed E-state index contributed by atoms with van der Waals surface area (Å²) in [6, 6.07) is 7.25. The fourth-order valence-corrected chi connectivity index (χ4v) is 2.85. The summed E-state index contributed by atoms with van der Waals surface area (Å²) in [6.07, 6.45) is -2.72. The molecule has 0 unspecified atom stereocenters. The molecule has 1 heterocycles. The first-order valence-corrected chi connectivity index (χ1v) is 8.86. The molecule has 1 aliphatic rings. The highest BCUT2D eigenvalue weighted by Crippen LogP contribution is 2.28. The Balaban J connectivity index is 1.87. The third-order valence-corrected chi connectivity index (χ3v) is 4.38. The van der Waals surface area contributed by atoms with Crippen LogP contribution in [0, 0.1) is 5.92 Å². The molecule has 1 aromatic carbocycles. The van der Waals surface area contributed by atoms with Gasteiger partial charge < -0.3 is 15.0 Å². The van der Waals surface area contributed by atoms with Crippen molar-refractivity contribution < 1.29 is 32.3 Å². The molecule has 1 aromatic rings. The Hall–Kier alpha value is -2.23. The van der Waals surface area contributed by atoms with Crippen LogP contribution < -0.4 is 10.2 Å². The molecule has 1 atom stereocenters. The lowest BCUT2D eigenvalue weighted by Gasteiger charge is -2.17. The molecule has 1 aliphatic heterocycles. The number of nitrogens with one attached hydrogen (secondary N) is 1. The van der Waals surface area contributed by atoms with Crippen molar-refractivity contribution in [3.8, 4) is 0 Å². The van der Waals surface area contributed by atoms with Gasteiger partial charge >= 0.3 is 12.1 Å². The van der Waals surface area contributed by atoms with Crippen LogP contribution in [-0.2, 0) is 19.1 Å². The minimum absolute atomic E-state index is 0.0769. The Kier molecular flexibility index (Phi) is 6.52. The van der Waals surface area contributed by atoms with Crippen LogP contribution in [0.5, 0.6) is 0 Å². The van der Waals surface area contributed by atoms with Crippen LogP contribution in [-0.4, -0.2) is 49.9 Å². The second-order valence-electron chi connectivity index (χ2n) is 5.61.